The van der Waals surface area contributed by atoms with Crippen LogP contribution < -0.4 is 20.7 Å². The molecule has 13 rings (SSSR count). The third kappa shape index (κ3) is 5.75. The lowest BCUT2D eigenvalue weighted by atomic mass is 10.2. The molecular weight excluding hydrogens is 823 g/mol. The molecule has 13 aromatic rings. The molecule has 0 N–H and O–H groups in total. The van der Waals surface area contributed by atoms with Crippen molar-refractivity contribution in [2.24, 2.45) is 0 Å². The Hall–Kier alpha value is -8.72. The van der Waals surface area contributed by atoms with Gasteiger partial charge in [-0.3, -0.25) is 13.7 Å². The number of benzene rings is 9. The van der Waals surface area contributed by atoms with Crippen molar-refractivity contribution in [2.45, 2.75) is 0 Å². The van der Waals surface area contributed by atoms with Gasteiger partial charge in [-0.25, -0.2) is 4.98 Å². The Morgan fingerprint density at radius 1 is 0.273 bits per heavy atom. The highest BCUT2D eigenvalue weighted by Crippen LogP contribution is 2.35. The van der Waals surface area contributed by atoms with E-state index in [-0.39, 0.29) is 0 Å². The largest absolute Gasteiger partial charge is 0.278 e. The van der Waals surface area contributed by atoms with E-state index >= 15 is 0 Å². The second-order valence-electron chi connectivity index (χ2n) is 16.7. The lowest BCUT2D eigenvalue weighted by Crippen LogP contribution is -2.74. The van der Waals surface area contributed by atoms with Crippen LogP contribution in [-0.2, 0) is 0 Å². The predicted molar refractivity (Wildman–Crippen MR) is 272 cm³/mol. The molecule has 0 saturated carbocycles. The Morgan fingerprint density at radius 2 is 0.621 bits per heavy atom. The number of para-hydroxylation sites is 6. The fourth-order valence-corrected chi connectivity index (χ4v) is 15.1. The Balaban J connectivity index is 1.12. The molecule has 0 unspecified atom stereocenters. The fraction of sp³-hybridized carbons (Fsp3) is 0. The lowest BCUT2D eigenvalue weighted by molar-refractivity contribution is 0.839. The van der Waals surface area contributed by atoms with Crippen molar-refractivity contribution in [1.82, 2.24) is 33.6 Å². The molecule has 9 aromatic carbocycles. The van der Waals surface area contributed by atoms with E-state index in [1.54, 1.807) is 0 Å². The van der Waals surface area contributed by atoms with Crippen LogP contribution in [0, 0.1) is 0 Å². The fourth-order valence-electron chi connectivity index (χ4n) is 10.3. The van der Waals surface area contributed by atoms with Gasteiger partial charge in [-0.05, 0) is 57.1 Å². The van der Waals surface area contributed by atoms with Crippen molar-refractivity contribution in [3.63, 3.8) is 0 Å². The molecule has 0 spiro atoms. The van der Waals surface area contributed by atoms with Crippen molar-refractivity contribution in [1.29, 1.82) is 0 Å². The van der Waals surface area contributed by atoms with Crippen LogP contribution in [0.4, 0.5) is 0 Å². The number of rotatable bonds is 8. The van der Waals surface area contributed by atoms with Crippen molar-refractivity contribution >= 4 is 83.5 Å². The summed E-state index contributed by atoms with van der Waals surface area (Å²) < 4.78 is 6.47. The maximum Gasteiger partial charge on any atom is 0.242 e. The zero-order chi connectivity index (χ0) is 43.6. The van der Waals surface area contributed by atoms with Crippen LogP contribution in [-0.4, -0.2) is 41.7 Å². The van der Waals surface area contributed by atoms with Crippen LogP contribution in [0.1, 0.15) is 0 Å². The van der Waals surface area contributed by atoms with Crippen LogP contribution in [0.2, 0.25) is 0 Å². The van der Waals surface area contributed by atoms with E-state index in [2.05, 4.69) is 244 Å². The topological polar surface area (TPSA) is 66.3 Å². The Labute approximate surface area is 381 Å². The normalized spacial score (nSPS) is 11.9. The molecule has 0 aliphatic carbocycles. The van der Waals surface area contributed by atoms with Gasteiger partial charge < -0.3 is 0 Å². The summed E-state index contributed by atoms with van der Waals surface area (Å²) in [5.41, 5.74) is 6.73. The first kappa shape index (κ1) is 37.8. The van der Waals surface area contributed by atoms with Gasteiger partial charge in [-0.15, -0.1) is 0 Å². The van der Waals surface area contributed by atoms with Crippen molar-refractivity contribution < 1.29 is 0 Å². The molecule has 0 aliphatic rings. The first-order chi connectivity index (χ1) is 32.8. The molecule has 310 valence electrons. The minimum absolute atomic E-state index is 0.463. The molecule has 4 aromatic heterocycles. The second kappa shape index (κ2) is 15.2. The number of hydrogen-bond donors (Lipinski definition) is 0. The minimum atomic E-state index is -2.88. The van der Waals surface area contributed by atoms with E-state index in [4.69, 9.17) is 19.9 Å². The van der Waals surface area contributed by atoms with E-state index in [1.165, 1.54) is 20.7 Å². The molecule has 66 heavy (non-hydrogen) atoms. The Kier molecular flexibility index (Phi) is 8.72. The summed E-state index contributed by atoms with van der Waals surface area (Å²) >= 11 is 0. The van der Waals surface area contributed by atoms with Gasteiger partial charge in [-0.1, -0.05) is 200 Å². The smallest absolute Gasteiger partial charge is 0.242 e. The van der Waals surface area contributed by atoms with Crippen LogP contribution in [0.3, 0.4) is 0 Å². The molecule has 4 heterocycles. The quantitative estimate of drug-likeness (QED) is 0.113. The van der Waals surface area contributed by atoms with E-state index in [0.717, 1.165) is 66.0 Å². The Bertz CT molecular complexity index is 3610. The van der Waals surface area contributed by atoms with Crippen LogP contribution in [0.15, 0.2) is 237 Å². The van der Waals surface area contributed by atoms with Crippen molar-refractivity contribution in [3.05, 3.63) is 237 Å². The maximum atomic E-state index is 5.50. The number of nitrogens with zero attached hydrogens (tertiary/aromatic N) is 7. The summed E-state index contributed by atoms with van der Waals surface area (Å²) in [5, 5.41) is 9.66. The van der Waals surface area contributed by atoms with E-state index < -0.39 is 8.07 Å². The van der Waals surface area contributed by atoms with Crippen molar-refractivity contribution in [2.75, 3.05) is 0 Å². The van der Waals surface area contributed by atoms with Gasteiger partial charge in [0.2, 0.25) is 17.8 Å². The zero-order valence-electron chi connectivity index (χ0n) is 35.6. The molecule has 0 amide bonds. The van der Waals surface area contributed by atoms with Gasteiger partial charge in [0, 0.05) is 27.1 Å². The molecule has 0 saturated heterocycles. The van der Waals surface area contributed by atoms with Crippen LogP contribution in [0.5, 0.6) is 0 Å². The van der Waals surface area contributed by atoms with Crippen LogP contribution in [0.25, 0.3) is 83.9 Å². The highest BCUT2D eigenvalue weighted by Gasteiger charge is 2.41. The van der Waals surface area contributed by atoms with Gasteiger partial charge in [0.05, 0.1) is 33.1 Å². The second-order valence-corrected chi connectivity index (χ2v) is 20.5. The molecule has 0 radical (unpaired) electrons. The van der Waals surface area contributed by atoms with E-state index in [9.17, 15) is 0 Å². The summed E-state index contributed by atoms with van der Waals surface area (Å²) in [7, 11) is -2.88. The van der Waals surface area contributed by atoms with Gasteiger partial charge >= 0.3 is 0 Å². The minimum Gasteiger partial charge on any atom is -0.278 e. The summed E-state index contributed by atoms with van der Waals surface area (Å²) in [5.74, 6) is 2.22. The Morgan fingerprint density at radius 3 is 1.06 bits per heavy atom. The average molecular weight is 862 g/mol. The molecule has 7 nitrogen and oxygen atoms in total. The lowest BCUT2D eigenvalue weighted by Gasteiger charge is -2.34. The average Bonchev–Trinajstić information content (AvgIpc) is 4.06. The molecule has 0 fully saturated rings. The number of fused-ring (bicyclic) bond motifs is 7. The maximum absolute atomic E-state index is 5.50. The van der Waals surface area contributed by atoms with Crippen LogP contribution >= 0.6 is 0 Å². The van der Waals surface area contributed by atoms with Gasteiger partial charge in [-0.2, -0.15) is 15.0 Å². The number of aromatic nitrogens is 7. The standard InChI is InChI=1S/C58H39N7Si/c1-4-22-41(23-5-1)66(42-24-6-2-7-25-42,43-26-8-3-9-27-43)44-28-20-21-40(39-44)55-59-49-33-14-19-38-54(49)65(55)58-61-56(63-50-34-15-10-29-45(50)46-30-11-16-35-51(46)63)60-57(62-58)64-52-36-17-12-31-47(52)48-32-13-18-37-53(48)64/h1-39H. The summed E-state index contributed by atoms with van der Waals surface area (Å²) in [6.07, 6.45) is 0. The summed E-state index contributed by atoms with van der Waals surface area (Å²) in [4.78, 5) is 21.9. The van der Waals surface area contributed by atoms with Gasteiger partial charge in [0.25, 0.3) is 0 Å². The van der Waals surface area contributed by atoms with E-state index in [1.807, 2.05) is 6.07 Å². The SMILES string of the molecule is c1ccc([Si](c2ccccc2)(c2ccccc2)c2cccc(-c3nc4ccccc4n3-c3nc(-n4c5ccccc5c5ccccc54)nc(-n4c5ccccc5c5ccccc54)n3)c2)cc1. The third-order valence-electron chi connectivity index (χ3n) is 13.1. The van der Waals surface area contributed by atoms with Gasteiger partial charge in [0.1, 0.15) is 5.82 Å². The monoisotopic (exact) mass is 861 g/mol. The third-order valence-corrected chi connectivity index (χ3v) is 17.9. The number of imidazole rings is 1. The number of hydrogen-bond acceptors (Lipinski definition) is 4. The molecule has 0 bridgehead atoms. The highest BCUT2D eigenvalue weighted by molar-refractivity contribution is 7.19. The zero-order valence-corrected chi connectivity index (χ0v) is 36.6. The molecular formula is C58H39N7Si. The molecule has 0 aliphatic heterocycles. The molecule has 8 heteroatoms. The summed E-state index contributed by atoms with van der Waals surface area (Å²) in [6, 6.07) is 84.3. The highest BCUT2D eigenvalue weighted by atomic mass is 28.3. The predicted octanol–water partition coefficient (Wildman–Crippen LogP) is 10.4. The van der Waals surface area contributed by atoms with E-state index in [0.29, 0.717) is 17.8 Å². The van der Waals surface area contributed by atoms with Gasteiger partial charge in [0.15, 0.2) is 8.07 Å². The molecule has 0 atom stereocenters. The summed E-state index contributed by atoms with van der Waals surface area (Å²) in [6.45, 7) is 0. The first-order valence-electron chi connectivity index (χ1n) is 22.2. The van der Waals surface area contributed by atoms with Crippen molar-refractivity contribution in [3.8, 4) is 29.2 Å². The first-order valence-corrected chi connectivity index (χ1v) is 24.2.